The number of hydrogen-bond donors (Lipinski definition) is 0. The summed E-state index contributed by atoms with van der Waals surface area (Å²) in [5, 5.41) is 0. The van der Waals surface area contributed by atoms with Crippen LogP contribution in [0.3, 0.4) is 0 Å². The first-order valence-corrected chi connectivity index (χ1v) is 5.50. The summed E-state index contributed by atoms with van der Waals surface area (Å²) in [5.41, 5.74) is 0. The lowest BCUT2D eigenvalue weighted by atomic mass is 10.3. The normalized spacial score (nSPS) is 13.2. The standard InChI is InChI=1S/C11H24O2/c1-4-6-9-12-10-7-11(3)13-8-5-2/h11H,4-10H2,1-3H3. The largest absolute Gasteiger partial charge is 0.381 e. The molecule has 0 amide bonds. The van der Waals surface area contributed by atoms with Crippen LogP contribution in [0.5, 0.6) is 0 Å². The molecule has 2 nitrogen and oxygen atoms in total. The highest BCUT2D eigenvalue weighted by molar-refractivity contribution is 4.48. The smallest absolute Gasteiger partial charge is 0.0568 e. The Morgan fingerprint density at radius 1 is 1.00 bits per heavy atom. The maximum Gasteiger partial charge on any atom is 0.0568 e. The van der Waals surface area contributed by atoms with E-state index in [0.717, 1.165) is 32.7 Å². The molecule has 80 valence electrons. The predicted molar refractivity (Wildman–Crippen MR) is 56.0 cm³/mol. The van der Waals surface area contributed by atoms with Gasteiger partial charge in [0.05, 0.1) is 6.10 Å². The van der Waals surface area contributed by atoms with Gasteiger partial charge in [-0.15, -0.1) is 0 Å². The lowest BCUT2D eigenvalue weighted by molar-refractivity contribution is 0.0314. The van der Waals surface area contributed by atoms with Crippen LogP contribution >= 0.6 is 0 Å². The van der Waals surface area contributed by atoms with E-state index in [1.54, 1.807) is 0 Å². The van der Waals surface area contributed by atoms with Gasteiger partial charge in [-0.1, -0.05) is 20.3 Å². The maximum atomic E-state index is 5.52. The molecule has 0 saturated heterocycles. The fourth-order valence-electron chi connectivity index (χ4n) is 1.00. The van der Waals surface area contributed by atoms with Gasteiger partial charge in [-0.3, -0.25) is 0 Å². The number of rotatable bonds is 9. The quantitative estimate of drug-likeness (QED) is 0.518. The Hall–Kier alpha value is -0.0800. The summed E-state index contributed by atoms with van der Waals surface area (Å²) in [5.74, 6) is 0. The lowest BCUT2D eigenvalue weighted by Crippen LogP contribution is -2.12. The van der Waals surface area contributed by atoms with E-state index in [2.05, 4.69) is 20.8 Å². The Bertz CT molecular complexity index is 94.1. The minimum Gasteiger partial charge on any atom is -0.381 e. The Labute approximate surface area is 82.6 Å². The molecule has 0 saturated carbocycles. The van der Waals surface area contributed by atoms with E-state index in [4.69, 9.17) is 9.47 Å². The van der Waals surface area contributed by atoms with Gasteiger partial charge in [-0.05, 0) is 26.2 Å². The minimum absolute atomic E-state index is 0.349. The monoisotopic (exact) mass is 188 g/mol. The van der Waals surface area contributed by atoms with E-state index in [1.807, 2.05) is 0 Å². The molecule has 0 heterocycles. The molecule has 0 fully saturated rings. The molecule has 13 heavy (non-hydrogen) atoms. The maximum absolute atomic E-state index is 5.52. The van der Waals surface area contributed by atoms with Gasteiger partial charge in [0.25, 0.3) is 0 Å². The van der Waals surface area contributed by atoms with Gasteiger partial charge in [0.15, 0.2) is 0 Å². The first-order valence-electron chi connectivity index (χ1n) is 5.50. The second-order valence-electron chi connectivity index (χ2n) is 3.44. The summed E-state index contributed by atoms with van der Waals surface area (Å²) >= 11 is 0. The number of ether oxygens (including phenoxy) is 2. The second-order valence-corrected chi connectivity index (χ2v) is 3.44. The first-order chi connectivity index (χ1) is 6.31. The average Bonchev–Trinajstić information content (AvgIpc) is 2.14. The Kier molecular flexibility index (Phi) is 9.94. The van der Waals surface area contributed by atoms with Crippen molar-refractivity contribution in [3.8, 4) is 0 Å². The van der Waals surface area contributed by atoms with Crippen LogP contribution in [0.2, 0.25) is 0 Å². The Morgan fingerprint density at radius 3 is 2.38 bits per heavy atom. The van der Waals surface area contributed by atoms with Gasteiger partial charge in [-0.2, -0.15) is 0 Å². The Morgan fingerprint density at radius 2 is 1.77 bits per heavy atom. The first kappa shape index (κ1) is 12.9. The van der Waals surface area contributed by atoms with E-state index in [-0.39, 0.29) is 0 Å². The molecule has 0 aliphatic rings. The highest BCUT2D eigenvalue weighted by atomic mass is 16.5. The third-order valence-electron chi connectivity index (χ3n) is 1.92. The molecule has 0 spiro atoms. The molecule has 1 unspecified atom stereocenters. The molecule has 0 bridgehead atoms. The van der Waals surface area contributed by atoms with Crippen LogP contribution in [0.4, 0.5) is 0 Å². The van der Waals surface area contributed by atoms with E-state index >= 15 is 0 Å². The number of unbranched alkanes of at least 4 members (excludes halogenated alkanes) is 1. The summed E-state index contributed by atoms with van der Waals surface area (Å²) in [6.45, 7) is 9.03. The van der Waals surface area contributed by atoms with Gasteiger partial charge in [0, 0.05) is 19.8 Å². The zero-order valence-corrected chi connectivity index (χ0v) is 9.34. The van der Waals surface area contributed by atoms with Crippen molar-refractivity contribution < 1.29 is 9.47 Å². The molecule has 0 aromatic rings. The highest BCUT2D eigenvalue weighted by Crippen LogP contribution is 1.99. The third kappa shape index (κ3) is 9.84. The SMILES string of the molecule is CCCCOCCC(C)OCCC. The highest BCUT2D eigenvalue weighted by Gasteiger charge is 2.00. The number of hydrogen-bond acceptors (Lipinski definition) is 2. The fourth-order valence-corrected chi connectivity index (χ4v) is 1.00. The summed E-state index contributed by atoms with van der Waals surface area (Å²) < 4.78 is 11.0. The lowest BCUT2D eigenvalue weighted by Gasteiger charge is -2.12. The van der Waals surface area contributed by atoms with Crippen LogP contribution in [0.1, 0.15) is 46.5 Å². The molecule has 0 aromatic heterocycles. The topological polar surface area (TPSA) is 18.5 Å². The molecular formula is C11H24O2. The predicted octanol–water partition coefficient (Wildman–Crippen LogP) is 3.01. The molecule has 0 aliphatic carbocycles. The van der Waals surface area contributed by atoms with E-state index in [9.17, 15) is 0 Å². The average molecular weight is 188 g/mol. The van der Waals surface area contributed by atoms with Crippen molar-refractivity contribution in [2.75, 3.05) is 19.8 Å². The van der Waals surface area contributed by atoms with Gasteiger partial charge < -0.3 is 9.47 Å². The van der Waals surface area contributed by atoms with Crippen molar-refractivity contribution in [2.45, 2.75) is 52.6 Å². The third-order valence-corrected chi connectivity index (χ3v) is 1.92. The molecule has 0 radical (unpaired) electrons. The van der Waals surface area contributed by atoms with Crippen LogP contribution in [0.15, 0.2) is 0 Å². The molecule has 2 heteroatoms. The van der Waals surface area contributed by atoms with Crippen molar-refractivity contribution >= 4 is 0 Å². The zero-order chi connectivity index (χ0) is 9.94. The molecule has 0 aliphatic heterocycles. The van der Waals surface area contributed by atoms with Gasteiger partial charge >= 0.3 is 0 Å². The van der Waals surface area contributed by atoms with Gasteiger partial charge in [-0.25, -0.2) is 0 Å². The molecule has 0 N–H and O–H groups in total. The van der Waals surface area contributed by atoms with Crippen LogP contribution < -0.4 is 0 Å². The second kappa shape index (κ2) is 10.0. The van der Waals surface area contributed by atoms with E-state index in [0.29, 0.717) is 6.10 Å². The fraction of sp³-hybridized carbons (Fsp3) is 1.00. The molecule has 0 aromatic carbocycles. The van der Waals surface area contributed by atoms with Crippen molar-refractivity contribution in [3.63, 3.8) is 0 Å². The van der Waals surface area contributed by atoms with Crippen molar-refractivity contribution in [3.05, 3.63) is 0 Å². The molecule has 0 rings (SSSR count). The van der Waals surface area contributed by atoms with Crippen LogP contribution in [0, 0.1) is 0 Å². The summed E-state index contributed by atoms with van der Waals surface area (Å²) in [6.07, 6.45) is 4.85. The summed E-state index contributed by atoms with van der Waals surface area (Å²) in [6, 6.07) is 0. The minimum atomic E-state index is 0.349. The van der Waals surface area contributed by atoms with E-state index in [1.165, 1.54) is 12.8 Å². The van der Waals surface area contributed by atoms with Crippen LogP contribution in [0.25, 0.3) is 0 Å². The Balaban J connectivity index is 3.03. The van der Waals surface area contributed by atoms with Gasteiger partial charge in [0.2, 0.25) is 0 Å². The summed E-state index contributed by atoms with van der Waals surface area (Å²) in [4.78, 5) is 0. The van der Waals surface area contributed by atoms with E-state index < -0.39 is 0 Å². The van der Waals surface area contributed by atoms with Crippen molar-refractivity contribution in [2.24, 2.45) is 0 Å². The van der Waals surface area contributed by atoms with Crippen LogP contribution in [-0.4, -0.2) is 25.9 Å². The molecular weight excluding hydrogens is 164 g/mol. The zero-order valence-electron chi connectivity index (χ0n) is 9.34. The molecule has 1 atom stereocenters. The van der Waals surface area contributed by atoms with Gasteiger partial charge in [0.1, 0.15) is 0 Å². The van der Waals surface area contributed by atoms with Crippen LogP contribution in [-0.2, 0) is 9.47 Å². The van der Waals surface area contributed by atoms with Crippen molar-refractivity contribution in [1.29, 1.82) is 0 Å². The van der Waals surface area contributed by atoms with Crippen molar-refractivity contribution in [1.82, 2.24) is 0 Å². The summed E-state index contributed by atoms with van der Waals surface area (Å²) in [7, 11) is 0.